The molecule has 0 radical (unpaired) electrons. The fourth-order valence-corrected chi connectivity index (χ4v) is 5.33. The smallest absolute Gasteiger partial charge is 0.324 e. The Morgan fingerprint density at radius 1 is 1.09 bits per heavy atom. The van der Waals surface area contributed by atoms with E-state index in [0.29, 0.717) is 28.9 Å². The van der Waals surface area contributed by atoms with E-state index >= 15 is 0 Å². The lowest BCUT2D eigenvalue weighted by Gasteiger charge is -2.21. The maximum absolute atomic E-state index is 14.1. The van der Waals surface area contributed by atoms with Crippen molar-refractivity contribution in [3.63, 3.8) is 0 Å². The second kappa shape index (κ2) is 12.9. The van der Waals surface area contributed by atoms with Gasteiger partial charge in [-0.05, 0) is 93.5 Å². The number of hydrogen-bond acceptors (Lipinski definition) is 7. The average Bonchev–Trinajstić information content (AvgIpc) is 3.41. The number of hydrogen-bond donors (Lipinski definition) is 2. The van der Waals surface area contributed by atoms with Gasteiger partial charge >= 0.3 is 6.18 Å². The van der Waals surface area contributed by atoms with Crippen LogP contribution in [0.1, 0.15) is 33.5 Å². The second-order valence-corrected chi connectivity index (χ2v) is 11.1. The fraction of sp³-hybridized carbons (Fsp3) is 0.312. The predicted octanol–water partition coefficient (Wildman–Crippen LogP) is 6.25. The fourth-order valence-electron chi connectivity index (χ4n) is 5.33. The van der Waals surface area contributed by atoms with Gasteiger partial charge in [-0.15, -0.1) is 0 Å². The summed E-state index contributed by atoms with van der Waals surface area (Å²) in [6.45, 7) is 4.48. The third-order valence-electron chi connectivity index (χ3n) is 7.42. The van der Waals surface area contributed by atoms with Crippen LogP contribution in [0.5, 0.6) is 0 Å². The van der Waals surface area contributed by atoms with Crippen LogP contribution in [0.3, 0.4) is 0 Å². The zero-order valence-corrected chi connectivity index (χ0v) is 24.3. The molecule has 3 heterocycles. The lowest BCUT2D eigenvalue weighted by Crippen LogP contribution is -2.26. The first-order valence-electron chi connectivity index (χ1n) is 14.0. The number of nitrogens with one attached hydrogen (secondary N) is 2. The highest BCUT2D eigenvalue weighted by atomic mass is 19.4. The van der Waals surface area contributed by atoms with E-state index in [1.54, 1.807) is 42.9 Å². The van der Waals surface area contributed by atoms with Gasteiger partial charge in [0.1, 0.15) is 0 Å². The van der Waals surface area contributed by atoms with Crippen LogP contribution in [0, 0.1) is 12.8 Å². The summed E-state index contributed by atoms with van der Waals surface area (Å²) in [6.07, 6.45) is 1.39. The van der Waals surface area contributed by atoms with Crippen LogP contribution in [0.4, 0.5) is 30.5 Å². The molecule has 11 heteroatoms. The summed E-state index contributed by atoms with van der Waals surface area (Å²) in [5.41, 5.74) is 2.78. The van der Waals surface area contributed by atoms with E-state index < -0.39 is 17.6 Å². The number of benzene rings is 2. The summed E-state index contributed by atoms with van der Waals surface area (Å²) >= 11 is 0. The molecule has 0 aliphatic carbocycles. The molecule has 1 aliphatic rings. The van der Waals surface area contributed by atoms with E-state index in [4.69, 9.17) is 0 Å². The van der Waals surface area contributed by atoms with Crippen molar-refractivity contribution in [1.82, 2.24) is 24.8 Å². The highest BCUT2D eigenvalue weighted by Gasteiger charge is 2.35. The molecule has 2 aromatic heterocycles. The Labute approximate surface area is 249 Å². The molecular formula is C32H34F3N7O. The van der Waals surface area contributed by atoms with Gasteiger partial charge in [-0.2, -0.15) is 13.2 Å². The van der Waals surface area contributed by atoms with E-state index in [-0.39, 0.29) is 17.7 Å². The Hall–Kier alpha value is -4.35. The molecule has 0 spiro atoms. The minimum absolute atomic E-state index is 0.0643. The largest absolute Gasteiger partial charge is 0.416 e. The summed E-state index contributed by atoms with van der Waals surface area (Å²) in [5.74, 6) is 0.151. The van der Waals surface area contributed by atoms with Crippen LogP contribution in [-0.4, -0.2) is 64.4 Å². The quantitative estimate of drug-likeness (QED) is 0.239. The van der Waals surface area contributed by atoms with E-state index in [1.165, 1.54) is 12.1 Å². The van der Waals surface area contributed by atoms with Crippen molar-refractivity contribution in [2.45, 2.75) is 26.1 Å². The van der Waals surface area contributed by atoms with Crippen molar-refractivity contribution in [3.8, 4) is 11.3 Å². The van der Waals surface area contributed by atoms with Crippen LogP contribution in [-0.2, 0) is 12.7 Å². The molecule has 224 valence electrons. The first-order valence-corrected chi connectivity index (χ1v) is 14.0. The van der Waals surface area contributed by atoms with Gasteiger partial charge in [-0.3, -0.25) is 14.7 Å². The minimum Gasteiger partial charge on any atom is -0.324 e. The zero-order chi connectivity index (χ0) is 30.6. The van der Waals surface area contributed by atoms with Crippen LogP contribution in [0.25, 0.3) is 11.3 Å². The van der Waals surface area contributed by atoms with Gasteiger partial charge in [0.05, 0.1) is 11.3 Å². The molecule has 4 aromatic rings. The molecule has 1 saturated heterocycles. The van der Waals surface area contributed by atoms with Crippen LogP contribution in [0.2, 0.25) is 0 Å². The van der Waals surface area contributed by atoms with Crippen molar-refractivity contribution in [2.75, 3.05) is 44.4 Å². The molecule has 0 unspecified atom stereocenters. The lowest BCUT2D eigenvalue weighted by atomic mass is 10.0. The third-order valence-corrected chi connectivity index (χ3v) is 7.42. The van der Waals surface area contributed by atoms with Gasteiger partial charge in [0, 0.05) is 60.7 Å². The molecule has 2 aromatic carbocycles. The van der Waals surface area contributed by atoms with Gasteiger partial charge in [-0.1, -0.05) is 12.1 Å². The standard InChI is InChI=1S/C32H34F3N7O/c1-21-6-9-26(16-29(21)40-31-37-13-10-28(39-31)24-5-4-12-36-17-24)38-30(43)23-7-8-25(27(15-23)32(33,34)35)20-42-14-11-22(19-42)18-41(2)3/h4-10,12-13,15-17,22H,11,14,18-20H2,1-3H3,(H,38,43)(H,37,39,40)/t22-/m1/s1. The molecular weight excluding hydrogens is 555 g/mol. The highest BCUT2D eigenvalue weighted by Crippen LogP contribution is 2.34. The van der Waals surface area contributed by atoms with Crippen LogP contribution >= 0.6 is 0 Å². The summed E-state index contributed by atoms with van der Waals surface area (Å²) in [6, 6.07) is 14.5. The number of aryl methyl sites for hydroxylation is 1. The Balaban J connectivity index is 1.30. The summed E-state index contributed by atoms with van der Waals surface area (Å²) in [5, 5.41) is 5.90. The molecule has 5 rings (SSSR count). The van der Waals surface area contributed by atoms with Crippen molar-refractivity contribution in [1.29, 1.82) is 0 Å². The van der Waals surface area contributed by atoms with Gasteiger partial charge in [0.15, 0.2) is 0 Å². The average molecular weight is 590 g/mol. The number of rotatable bonds is 9. The number of likely N-dealkylation sites (tertiary alicyclic amines) is 1. The lowest BCUT2D eigenvalue weighted by molar-refractivity contribution is -0.138. The minimum atomic E-state index is -4.58. The number of pyridine rings is 1. The maximum Gasteiger partial charge on any atom is 0.416 e. The van der Waals surface area contributed by atoms with Crippen molar-refractivity contribution in [3.05, 3.63) is 95.4 Å². The van der Waals surface area contributed by atoms with Gasteiger partial charge in [0.25, 0.3) is 5.91 Å². The SMILES string of the molecule is Cc1ccc(NC(=O)c2ccc(CN3CC[C@H](CN(C)C)C3)c(C(F)(F)F)c2)cc1Nc1nccc(-c2cccnc2)n1. The van der Waals surface area contributed by atoms with Crippen LogP contribution < -0.4 is 10.6 Å². The number of carbonyl (C=O) groups is 1. The topological polar surface area (TPSA) is 86.3 Å². The Kier molecular flexibility index (Phi) is 9.02. The first-order chi connectivity index (χ1) is 20.5. The molecule has 43 heavy (non-hydrogen) atoms. The Bertz CT molecular complexity index is 1580. The number of alkyl halides is 3. The van der Waals surface area contributed by atoms with E-state index in [1.807, 2.05) is 33.2 Å². The summed E-state index contributed by atoms with van der Waals surface area (Å²) < 4.78 is 42.3. The number of nitrogens with zero attached hydrogens (tertiary/aromatic N) is 5. The predicted molar refractivity (Wildman–Crippen MR) is 161 cm³/mol. The number of anilines is 3. The molecule has 0 bridgehead atoms. The summed E-state index contributed by atoms with van der Waals surface area (Å²) in [4.78, 5) is 30.2. The van der Waals surface area contributed by atoms with Crippen molar-refractivity contribution < 1.29 is 18.0 Å². The summed E-state index contributed by atoms with van der Waals surface area (Å²) in [7, 11) is 4.00. The number of amides is 1. The van der Waals surface area contributed by atoms with Gasteiger partial charge in [0.2, 0.25) is 5.95 Å². The molecule has 1 amide bonds. The van der Waals surface area contributed by atoms with Crippen molar-refractivity contribution >= 4 is 23.2 Å². The molecule has 0 saturated carbocycles. The van der Waals surface area contributed by atoms with E-state index in [9.17, 15) is 18.0 Å². The number of carbonyl (C=O) groups excluding carboxylic acids is 1. The van der Waals surface area contributed by atoms with E-state index in [2.05, 4.69) is 35.4 Å². The monoisotopic (exact) mass is 589 g/mol. The highest BCUT2D eigenvalue weighted by molar-refractivity contribution is 6.04. The van der Waals surface area contributed by atoms with Crippen molar-refractivity contribution in [2.24, 2.45) is 5.92 Å². The van der Waals surface area contributed by atoms with Gasteiger partial charge < -0.3 is 15.5 Å². The molecule has 1 aliphatic heterocycles. The van der Waals surface area contributed by atoms with E-state index in [0.717, 1.165) is 43.2 Å². The molecule has 8 nitrogen and oxygen atoms in total. The number of halogens is 3. The molecule has 1 fully saturated rings. The van der Waals surface area contributed by atoms with Crippen LogP contribution in [0.15, 0.2) is 73.2 Å². The maximum atomic E-state index is 14.1. The first kappa shape index (κ1) is 30.1. The Morgan fingerprint density at radius 2 is 1.93 bits per heavy atom. The normalized spacial score (nSPS) is 15.6. The third kappa shape index (κ3) is 7.74. The zero-order valence-electron chi connectivity index (χ0n) is 24.3. The Morgan fingerprint density at radius 3 is 2.67 bits per heavy atom. The number of aromatic nitrogens is 3. The van der Waals surface area contributed by atoms with Gasteiger partial charge in [-0.25, -0.2) is 9.97 Å². The molecule has 1 atom stereocenters. The molecule has 2 N–H and O–H groups in total. The second-order valence-electron chi connectivity index (χ2n) is 11.1.